The number of esters is 3. The Labute approximate surface area is 231 Å². The van der Waals surface area contributed by atoms with Gasteiger partial charge >= 0.3 is 24.1 Å². The summed E-state index contributed by atoms with van der Waals surface area (Å²) in [4.78, 5) is 49.9. The average Bonchev–Trinajstić information content (AvgIpc) is 2.88. The Morgan fingerprint density at radius 3 is 1.95 bits per heavy atom. The van der Waals surface area contributed by atoms with E-state index in [1.165, 1.54) is 19.2 Å². The largest absolute Gasteiger partial charge is 0.508 e. The lowest BCUT2D eigenvalue weighted by Gasteiger charge is -2.29. The standard InChI is InChI=1S/C29H45NO9/c1-8-11-19(4)25(31)38-23-14-13-22(16-24(23)39-26(32)20(5)12-9-2)18-29(30,27(33)35-7)17-21(6)37-28(34)36-15-10-3/h13-14,16,19-21H,8-12,15,17-18,30H2,1-7H3/t19?,20?,21-,29?/m0/s1. The fraction of sp³-hybridized carbons (Fsp3) is 0.655. The van der Waals surface area contributed by atoms with Gasteiger partial charge < -0.3 is 29.4 Å². The number of hydrogen-bond acceptors (Lipinski definition) is 10. The van der Waals surface area contributed by atoms with Crippen LogP contribution >= 0.6 is 0 Å². The molecule has 4 atom stereocenters. The van der Waals surface area contributed by atoms with Gasteiger partial charge in [-0.15, -0.1) is 0 Å². The second-order valence-corrected chi connectivity index (χ2v) is 10.1. The Morgan fingerprint density at radius 1 is 0.872 bits per heavy atom. The first-order valence-corrected chi connectivity index (χ1v) is 13.7. The molecule has 2 N–H and O–H groups in total. The Morgan fingerprint density at radius 2 is 1.44 bits per heavy atom. The third kappa shape index (κ3) is 11.2. The van der Waals surface area contributed by atoms with Gasteiger partial charge in [-0.1, -0.05) is 53.5 Å². The Kier molecular flexibility index (Phi) is 14.5. The molecular formula is C29H45NO9. The van der Waals surface area contributed by atoms with Gasteiger partial charge in [-0.3, -0.25) is 14.4 Å². The van der Waals surface area contributed by atoms with Crippen LogP contribution in [0.2, 0.25) is 0 Å². The third-order valence-corrected chi connectivity index (χ3v) is 6.16. The predicted octanol–water partition coefficient (Wildman–Crippen LogP) is 5.12. The van der Waals surface area contributed by atoms with Crippen LogP contribution < -0.4 is 15.2 Å². The second-order valence-electron chi connectivity index (χ2n) is 10.1. The van der Waals surface area contributed by atoms with E-state index in [-0.39, 0.29) is 42.8 Å². The number of rotatable bonds is 16. The van der Waals surface area contributed by atoms with Gasteiger partial charge in [-0.05, 0) is 43.9 Å². The summed E-state index contributed by atoms with van der Waals surface area (Å²) in [5, 5.41) is 0. The summed E-state index contributed by atoms with van der Waals surface area (Å²) in [6.07, 6.45) is 1.83. The lowest BCUT2D eigenvalue weighted by atomic mass is 9.86. The van der Waals surface area contributed by atoms with Crippen LogP contribution in [-0.4, -0.2) is 49.4 Å². The SMILES string of the molecule is CCCOC(=O)O[C@@H](C)CC(N)(Cc1ccc(OC(=O)C(C)CCC)c(OC(=O)C(C)CCC)c1)C(=O)OC. The molecule has 0 radical (unpaired) electrons. The van der Waals surface area contributed by atoms with E-state index in [2.05, 4.69) is 0 Å². The van der Waals surface area contributed by atoms with Crippen molar-refractivity contribution >= 4 is 24.1 Å². The highest BCUT2D eigenvalue weighted by Crippen LogP contribution is 2.32. The van der Waals surface area contributed by atoms with Crippen LogP contribution in [0.3, 0.4) is 0 Å². The van der Waals surface area contributed by atoms with Crippen LogP contribution in [0.15, 0.2) is 18.2 Å². The summed E-state index contributed by atoms with van der Waals surface area (Å²) in [6, 6.07) is 4.67. The maximum absolute atomic E-state index is 12.7. The summed E-state index contributed by atoms with van der Waals surface area (Å²) < 4.78 is 26.4. The molecule has 0 aliphatic heterocycles. The molecular weight excluding hydrogens is 506 g/mol. The molecule has 1 aromatic rings. The molecule has 0 aliphatic carbocycles. The fourth-order valence-corrected chi connectivity index (χ4v) is 4.08. The molecule has 0 saturated heterocycles. The highest BCUT2D eigenvalue weighted by Gasteiger charge is 2.38. The summed E-state index contributed by atoms with van der Waals surface area (Å²) >= 11 is 0. The van der Waals surface area contributed by atoms with Gasteiger partial charge in [0.25, 0.3) is 0 Å². The molecule has 0 heterocycles. The zero-order valence-corrected chi connectivity index (χ0v) is 24.4. The molecule has 0 bridgehead atoms. The van der Waals surface area contributed by atoms with E-state index in [0.717, 1.165) is 12.8 Å². The van der Waals surface area contributed by atoms with E-state index in [4.69, 9.17) is 29.4 Å². The highest BCUT2D eigenvalue weighted by atomic mass is 16.7. The summed E-state index contributed by atoms with van der Waals surface area (Å²) in [7, 11) is 1.22. The van der Waals surface area contributed by atoms with E-state index in [1.807, 2.05) is 20.8 Å². The van der Waals surface area contributed by atoms with E-state index in [1.54, 1.807) is 26.8 Å². The van der Waals surface area contributed by atoms with Crippen molar-refractivity contribution in [3.8, 4) is 11.5 Å². The molecule has 0 amide bonds. The summed E-state index contributed by atoms with van der Waals surface area (Å²) in [5.41, 5.74) is 5.44. The molecule has 0 saturated carbocycles. The molecule has 0 fully saturated rings. The molecule has 3 unspecified atom stereocenters. The summed E-state index contributed by atoms with van der Waals surface area (Å²) in [5.74, 6) is -2.16. The van der Waals surface area contributed by atoms with E-state index >= 15 is 0 Å². The molecule has 0 aliphatic rings. The Hall–Kier alpha value is -3.14. The second kappa shape index (κ2) is 16.7. The van der Waals surface area contributed by atoms with Crippen molar-refractivity contribution in [3.63, 3.8) is 0 Å². The van der Waals surface area contributed by atoms with E-state index < -0.39 is 35.7 Å². The predicted molar refractivity (Wildman–Crippen MR) is 145 cm³/mol. The maximum Gasteiger partial charge on any atom is 0.508 e. The van der Waals surface area contributed by atoms with Crippen molar-refractivity contribution in [2.75, 3.05) is 13.7 Å². The number of ether oxygens (including phenoxy) is 5. The molecule has 1 aromatic carbocycles. The quantitative estimate of drug-likeness (QED) is 0.217. The van der Waals surface area contributed by atoms with Crippen molar-refractivity contribution in [1.82, 2.24) is 0 Å². The van der Waals surface area contributed by atoms with Gasteiger partial charge in [-0.2, -0.15) is 0 Å². The topological polar surface area (TPSA) is 140 Å². The Balaban J connectivity index is 3.28. The first kappa shape index (κ1) is 33.9. The normalized spacial score (nSPS) is 14.8. The van der Waals surface area contributed by atoms with Crippen LogP contribution in [-0.2, 0) is 35.0 Å². The minimum atomic E-state index is -1.58. The molecule has 0 aromatic heterocycles. The molecule has 1 rings (SSSR count). The van der Waals surface area contributed by atoms with Gasteiger partial charge in [0.2, 0.25) is 0 Å². The third-order valence-electron chi connectivity index (χ3n) is 6.16. The number of methoxy groups -OCH3 is 1. The molecule has 10 nitrogen and oxygen atoms in total. The highest BCUT2D eigenvalue weighted by molar-refractivity contribution is 5.81. The number of carbonyl (C=O) groups excluding carboxylic acids is 4. The molecule has 0 spiro atoms. The van der Waals surface area contributed by atoms with Gasteiger partial charge in [0.05, 0.1) is 25.6 Å². The van der Waals surface area contributed by atoms with Crippen molar-refractivity contribution in [2.24, 2.45) is 17.6 Å². The monoisotopic (exact) mass is 551 g/mol. The number of benzene rings is 1. The number of hydrogen-bond donors (Lipinski definition) is 1. The van der Waals surface area contributed by atoms with Crippen LogP contribution in [0.25, 0.3) is 0 Å². The van der Waals surface area contributed by atoms with Crippen LogP contribution in [0, 0.1) is 11.8 Å². The molecule has 220 valence electrons. The van der Waals surface area contributed by atoms with Crippen molar-refractivity contribution in [3.05, 3.63) is 23.8 Å². The smallest absolute Gasteiger partial charge is 0.468 e. The first-order chi connectivity index (χ1) is 18.4. The summed E-state index contributed by atoms with van der Waals surface area (Å²) in [6.45, 7) is 11.1. The lowest BCUT2D eigenvalue weighted by molar-refractivity contribution is -0.148. The van der Waals surface area contributed by atoms with Crippen molar-refractivity contribution < 1.29 is 42.9 Å². The minimum Gasteiger partial charge on any atom is -0.468 e. The van der Waals surface area contributed by atoms with Gasteiger partial charge in [0.15, 0.2) is 11.5 Å². The lowest BCUT2D eigenvalue weighted by Crippen LogP contribution is -2.53. The zero-order valence-electron chi connectivity index (χ0n) is 24.4. The van der Waals surface area contributed by atoms with Crippen LogP contribution in [0.1, 0.15) is 85.6 Å². The Bertz CT molecular complexity index is 964. The minimum absolute atomic E-state index is 0.0348. The van der Waals surface area contributed by atoms with Gasteiger partial charge in [-0.25, -0.2) is 4.79 Å². The number of nitrogens with two attached hydrogens (primary N) is 1. The van der Waals surface area contributed by atoms with Crippen molar-refractivity contribution in [2.45, 2.75) is 98.1 Å². The average molecular weight is 552 g/mol. The van der Waals surface area contributed by atoms with Crippen LogP contribution in [0.4, 0.5) is 4.79 Å². The van der Waals surface area contributed by atoms with Gasteiger partial charge in [0.1, 0.15) is 11.6 Å². The zero-order chi connectivity index (χ0) is 29.6. The van der Waals surface area contributed by atoms with Gasteiger partial charge in [0, 0.05) is 12.8 Å². The van der Waals surface area contributed by atoms with Crippen LogP contribution in [0.5, 0.6) is 11.5 Å². The van der Waals surface area contributed by atoms with E-state index in [0.29, 0.717) is 24.8 Å². The van der Waals surface area contributed by atoms with Crippen molar-refractivity contribution in [1.29, 1.82) is 0 Å². The fourth-order valence-electron chi connectivity index (χ4n) is 4.08. The molecule has 10 heteroatoms. The van der Waals surface area contributed by atoms with E-state index in [9.17, 15) is 19.2 Å². The first-order valence-electron chi connectivity index (χ1n) is 13.7. The maximum atomic E-state index is 12.7. The number of carbonyl (C=O) groups is 4. The molecule has 39 heavy (non-hydrogen) atoms.